The van der Waals surface area contributed by atoms with E-state index in [1.807, 2.05) is 43.3 Å². The Bertz CT molecular complexity index is 1240. The Morgan fingerprint density at radius 2 is 1.93 bits per heavy atom. The highest BCUT2D eigenvalue weighted by Gasteiger charge is 2.24. The summed E-state index contributed by atoms with van der Waals surface area (Å²) >= 11 is 5.99. The van der Waals surface area contributed by atoms with E-state index in [9.17, 15) is 4.79 Å². The topological polar surface area (TPSA) is 55.8 Å². The summed E-state index contributed by atoms with van der Waals surface area (Å²) in [4.78, 5) is 15.0. The van der Waals surface area contributed by atoms with E-state index in [0.717, 1.165) is 33.6 Å². The number of ether oxygens (including phenoxy) is 1. The highest BCUT2D eigenvalue weighted by Crippen LogP contribution is 2.36. The summed E-state index contributed by atoms with van der Waals surface area (Å²) in [5.41, 5.74) is 3.31. The fourth-order valence-corrected chi connectivity index (χ4v) is 3.97. The van der Waals surface area contributed by atoms with E-state index in [-0.39, 0.29) is 5.63 Å². The summed E-state index contributed by atoms with van der Waals surface area (Å²) in [5, 5.41) is 1.52. The molecular weight excluding hydrogens is 390 g/mol. The third kappa shape index (κ3) is 3.22. The molecule has 0 spiro atoms. The number of benzene rings is 2. The number of halogens is 1. The average molecular weight is 408 g/mol. The largest absolute Gasteiger partial charge is 0.478 e. The molecule has 2 aromatic carbocycles. The van der Waals surface area contributed by atoms with Crippen molar-refractivity contribution < 1.29 is 13.6 Å². The van der Waals surface area contributed by atoms with E-state index in [2.05, 4.69) is 4.90 Å². The van der Waals surface area contributed by atoms with Gasteiger partial charge in [-0.25, -0.2) is 4.79 Å². The van der Waals surface area contributed by atoms with Crippen molar-refractivity contribution in [2.24, 2.45) is 0 Å². The third-order valence-electron chi connectivity index (χ3n) is 5.27. The molecular formula is C23H18ClNO4. The Morgan fingerprint density at radius 1 is 1.10 bits per heavy atom. The smallest absolute Gasteiger partial charge is 0.344 e. The van der Waals surface area contributed by atoms with Gasteiger partial charge in [-0.05, 0) is 54.4 Å². The van der Waals surface area contributed by atoms with Gasteiger partial charge >= 0.3 is 5.63 Å². The molecule has 4 aromatic rings. The van der Waals surface area contributed by atoms with Crippen molar-refractivity contribution >= 4 is 22.6 Å². The van der Waals surface area contributed by atoms with Crippen LogP contribution in [0.3, 0.4) is 0 Å². The molecule has 5 nitrogen and oxygen atoms in total. The lowest BCUT2D eigenvalue weighted by molar-refractivity contribution is 0.0826. The fraction of sp³-hybridized carbons (Fsp3) is 0.174. The van der Waals surface area contributed by atoms with Gasteiger partial charge in [0.1, 0.15) is 23.8 Å². The van der Waals surface area contributed by atoms with Crippen LogP contribution in [-0.2, 0) is 13.1 Å². The summed E-state index contributed by atoms with van der Waals surface area (Å²) in [6, 6.07) is 14.9. The molecule has 0 atom stereocenters. The van der Waals surface area contributed by atoms with Crippen LogP contribution in [0.15, 0.2) is 68.4 Å². The number of aryl methyl sites for hydroxylation is 1. The number of fused-ring (bicyclic) bond motifs is 3. The minimum Gasteiger partial charge on any atom is -0.478 e. The van der Waals surface area contributed by atoms with Gasteiger partial charge in [0, 0.05) is 17.0 Å². The standard InChI is InChI=1S/C23H18ClNO4/c1-14-18-8-9-20-19(12-25(13-28-20)11-17-3-2-10-27-17)22(18)29-23(26)21(14)15-4-6-16(24)7-5-15/h2-10H,11-13H2,1H3. The normalized spacial score (nSPS) is 14.0. The molecule has 0 N–H and O–H groups in total. The van der Waals surface area contributed by atoms with E-state index in [4.69, 9.17) is 25.2 Å². The molecule has 0 bridgehead atoms. The van der Waals surface area contributed by atoms with Gasteiger partial charge in [0.2, 0.25) is 0 Å². The van der Waals surface area contributed by atoms with Crippen LogP contribution >= 0.6 is 11.6 Å². The van der Waals surface area contributed by atoms with Gasteiger partial charge in [-0.2, -0.15) is 0 Å². The lowest BCUT2D eigenvalue weighted by Crippen LogP contribution is -2.31. The number of hydrogen-bond donors (Lipinski definition) is 0. The van der Waals surface area contributed by atoms with E-state index >= 15 is 0 Å². The predicted octanol–water partition coefficient (Wildman–Crippen LogP) is 5.37. The van der Waals surface area contributed by atoms with Crippen LogP contribution in [0, 0.1) is 6.92 Å². The number of nitrogens with zero attached hydrogens (tertiary/aromatic N) is 1. The monoisotopic (exact) mass is 407 g/mol. The van der Waals surface area contributed by atoms with Gasteiger partial charge in [0.15, 0.2) is 0 Å². The molecule has 146 valence electrons. The van der Waals surface area contributed by atoms with Crippen molar-refractivity contribution in [2.45, 2.75) is 20.0 Å². The van der Waals surface area contributed by atoms with Crippen molar-refractivity contribution in [3.63, 3.8) is 0 Å². The molecule has 2 aromatic heterocycles. The summed E-state index contributed by atoms with van der Waals surface area (Å²) in [5.74, 6) is 1.61. The average Bonchev–Trinajstić information content (AvgIpc) is 3.22. The minimum absolute atomic E-state index is 0.367. The molecule has 1 aliphatic rings. The van der Waals surface area contributed by atoms with Gasteiger partial charge < -0.3 is 13.6 Å². The summed E-state index contributed by atoms with van der Waals surface area (Å²) in [6.07, 6.45) is 1.66. The molecule has 29 heavy (non-hydrogen) atoms. The second-order valence-corrected chi connectivity index (χ2v) is 7.59. The van der Waals surface area contributed by atoms with Gasteiger partial charge in [-0.3, -0.25) is 4.90 Å². The van der Waals surface area contributed by atoms with Crippen LogP contribution in [0.25, 0.3) is 22.1 Å². The van der Waals surface area contributed by atoms with Crippen LogP contribution in [-0.4, -0.2) is 11.6 Å². The molecule has 0 aliphatic carbocycles. The molecule has 6 heteroatoms. The van der Waals surface area contributed by atoms with Crippen molar-refractivity contribution in [3.8, 4) is 16.9 Å². The van der Waals surface area contributed by atoms with Gasteiger partial charge in [-0.15, -0.1) is 0 Å². The van der Waals surface area contributed by atoms with Gasteiger partial charge in [0.25, 0.3) is 0 Å². The molecule has 5 rings (SSSR count). The third-order valence-corrected chi connectivity index (χ3v) is 5.52. The van der Waals surface area contributed by atoms with Crippen LogP contribution in [0.1, 0.15) is 16.9 Å². The Kier molecular flexibility index (Phi) is 4.42. The summed E-state index contributed by atoms with van der Waals surface area (Å²) in [7, 11) is 0. The maximum Gasteiger partial charge on any atom is 0.344 e. The Balaban J connectivity index is 1.60. The van der Waals surface area contributed by atoms with E-state index in [1.165, 1.54) is 0 Å². The zero-order chi connectivity index (χ0) is 20.0. The van der Waals surface area contributed by atoms with Crippen molar-refractivity contribution in [2.75, 3.05) is 6.73 Å². The Labute approximate surface area is 172 Å². The highest BCUT2D eigenvalue weighted by atomic mass is 35.5. The molecule has 0 unspecified atom stereocenters. The lowest BCUT2D eigenvalue weighted by atomic mass is 9.97. The molecule has 0 saturated heterocycles. The second-order valence-electron chi connectivity index (χ2n) is 7.16. The number of furan rings is 1. The van der Waals surface area contributed by atoms with Crippen molar-refractivity contribution in [1.29, 1.82) is 0 Å². The van der Waals surface area contributed by atoms with Gasteiger partial charge in [-0.1, -0.05) is 23.7 Å². The first-order chi connectivity index (χ1) is 14.1. The van der Waals surface area contributed by atoms with Crippen LogP contribution in [0.2, 0.25) is 5.02 Å². The first-order valence-corrected chi connectivity index (χ1v) is 9.71. The number of hydrogen-bond acceptors (Lipinski definition) is 5. The fourth-order valence-electron chi connectivity index (χ4n) is 3.84. The predicted molar refractivity (Wildman–Crippen MR) is 111 cm³/mol. The zero-order valence-corrected chi connectivity index (χ0v) is 16.5. The first-order valence-electron chi connectivity index (χ1n) is 9.33. The van der Waals surface area contributed by atoms with Crippen molar-refractivity contribution in [3.05, 3.63) is 87.1 Å². The van der Waals surface area contributed by atoms with E-state index in [1.54, 1.807) is 18.4 Å². The minimum atomic E-state index is -0.367. The van der Waals surface area contributed by atoms with Crippen LogP contribution < -0.4 is 10.4 Å². The molecule has 0 radical (unpaired) electrons. The molecule has 0 saturated carbocycles. The highest BCUT2D eigenvalue weighted by molar-refractivity contribution is 6.30. The molecule has 3 heterocycles. The summed E-state index contributed by atoms with van der Waals surface area (Å²) in [6.45, 7) is 3.62. The number of rotatable bonds is 3. The van der Waals surface area contributed by atoms with Gasteiger partial charge in [0.05, 0.1) is 23.9 Å². The summed E-state index contributed by atoms with van der Waals surface area (Å²) < 4.78 is 17.2. The lowest BCUT2D eigenvalue weighted by Gasteiger charge is -2.28. The first kappa shape index (κ1) is 18.0. The van der Waals surface area contributed by atoms with E-state index in [0.29, 0.717) is 36.0 Å². The van der Waals surface area contributed by atoms with Crippen molar-refractivity contribution in [1.82, 2.24) is 4.90 Å². The Morgan fingerprint density at radius 3 is 2.69 bits per heavy atom. The molecule has 0 amide bonds. The second kappa shape index (κ2) is 7.10. The Hall–Kier alpha value is -3.02. The maximum atomic E-state index is 12.9. The van der Waals surface area contributed by atoms with Crippen LogP contribution in [0.4, 0.5) is 0 Å². The van der Waals surface area contributed by atoms with Crippen LogP contribution in [0.5, 0.6) is 5.75 Å². The van der Waals surface area contributed by atoms with E-state index < -0.39 is 0 Å². The SMILES string of the molecule is Cc1c(-c2ccc(Cl)cc2)c(=O)oc2c3c(ccc12)OCN(Cc1ccco1)C3. The zero-order valence-electron chi connectivity index (χ0n) is 15.8. The quantitative estimate of drug-likeness (QED) is 0.427. The molecule has 1 aliphatic heterocycles. The maximum absolute atomic E-state index is 12.9. The molecule has 0 fully saturated rings.